The van der Waals surface area contributed by atoms with Crippen LogP contribution in [0.3, 0.4) is 0 Å². The summed E-state index contributed by atoms with van der Waals surface area (Å²) < 4.78 is 54.7. The highest BCUT2D eigenvalue weighted by atomic mass is 35.5. The predicted molar refractivity (Wildman–Crippen MR) is 438 cm³/mol. The Morgan fingerprint density at radius 3 is 1.91 bits per heavy atom. The molecule has 6 aromatic rings. The van der Waals surface area contributed by atoms with E-state index in [4.69, 9.17) is 57.4 Å². The van der Waals surface area contributed by atoms with Gasteiger partial charge in [-0.3, -0.25) is 48.4 Å². The first-order chi connectivity index (χ1) is 58.8. The van der Waals surface area contributed by atoms with E-state index in [0.717, 1.165) is 74.1 Å². The number of aryl methyl sites for hydroxylation is 1. The highest BCUT2D eigenvalue weighted by molar-refractivity contribution is 7.83. The molecule has 6 fully saturated rings. The minimum atomic E-state index is -3.01. The van der Waals surface area contributed by atoms with Crippen molar-refractivity contribution in [1.29, 1.82) is 0 Å². The number of hydrogen-bond acceptors (Lipinski definition) is 27. The third-order valence-corrected chi connectivity index (χ3v) is 26.4. The number of carbonyl (C=O) groups is 9. The summed E-state index contributed by atoms with van der Waals surface area (Å²) in [7, 11) is -0.861. The molecule has 39 heteroatoms. The number of fused-ring (bicyclic) bond motifs is 12. The number of nitrogens with one attached hydrogen (secondary N) is 10. The van der Waals surface area contributed by atoms with Gasteiger partial charge in [-0.05, 0) is 202 Å². The molecule has 0 radical (unpaired) electrons. The molecular formula is C85H97Cl2N11O25S. The molecule has 4 saturated carbocycles. The third kappa shape index (κ3) is 17.8. The number of urea groups is 1. The van der Waals surface area contributed by atoms with E-state index in [1.807, 2.05) is 19.2 Å². The maximum absolute atomic E-state index is 16.7. The van der Waals surface area contributed by atoms with E-state index in [2.05, 4.69) is 47.3 Å². The first kappa shape index (κ1) is 88.8. The van der Waals surface area contributed by atoms with Gasteiger partial charge in [0.05, 0.1) is 46.2 Å². The number of aliphatic hydroxyl groups excluding tert-OH is 6. The normalized spacial score (nSPS) is 31.4. The van der Waals surface area contributed by atoms with E-state index in [9.17, 15) is 64.6 Å². The van der Waals surface area contributed by atoms with Crippen LogP contribution in [0.2, 0.25) is 10.0 Å². The van der Waals surface area contributed by atoms with Gasteiger partial charge in [0.2, 0.25) is 65.1 Å². The monoisotopic (exact) mass is 1770 g/mol. The van der Waals surface area contributed by atoms with Gasteiger partial charge in [-0.2, -0.15) is 0 Å². The average molecular weight is 1780 g/mol. The summed E-state index contributed by atoms with van der Waals surface area (Å²) in [5.74, 6) is -15.5. The molecule has 15 bridgehead atoms. The second kappa shape index (κ2) is 35.4. The fraction of sp³-hybridized carbons (Fsp3) is 0.471. The van der Waals surface area contributed by atoms with Gasteiger partial charge in [0.15, 0.2) is 34.9 Å². The summed E-state index contributed by atoms with van der Waals surface area (Å²) in [5, 5.41) is 130. The number of imide groups is 1. The van der Waals surface area contributed by atoms with Gasteiger partial charge in [-0.15, -0.1) is 0 Å². The molecule has 12 aliphatic rings. The summed E-state index contributed by atoms with van der Waals surface area (Å²) in [6.45, 7) is 7.39. The zero-order valence-corrected chi connectivity index (χ0v) is 70.1. The minimum absolute atomic E-state index is 0.0598. The fourth-order valence-corrected chi connectivity index (χ4v) is 19.8. The van der Waals surface area contributed by atoms with Crippen LogP contribution in [0.25, 0.3) is 11.1 Å². The van der Waals surface area contributed by atoms with Crippen molar-refractivity contribution >= 4 is 87.5 Å². The standard InChI is InChI=1S/C85H97Cl2N11O25S/c1-33(2)17-52(89-6)75(107)96-66-68(102)39-10-15-54(50(86)24-39)119-56-26-43-27-57(72(56)123-82-73(71(105)70(104)58(32-99)121-82)122-60-31-84(5,88)74(106)35(4)118-60)120-55-16-11-40(25-51(55)87)69(103)67-81(113)95-65(79(111)92-62-41-19-36-18-37(21-41)22-42(62)20-36)47-28-44(100)29-49-61(47)46-23-38(9-14-48(46)85(49,115)116)63(77(109)97-67)94-78(110)64(43)93-76(108)53(90-80(66)112)30-59(101)91-83(114)98-124(117)45-12-7-34(3)8-13-45/h7-16,23-29,33,35-37,41-42,52-53,58,60,62-71,73-74,82,89,99-100,102-106,115-116H,17-22,30-32,88H2,1-6H3,(H,90,112)(H,92,111)(H,93,108)(H,94,110)(H,95,113)(H,96,107)(H,97,109)(H2,91,98,101,114). The van der Waals surface area contributed by atoms with Crippen LogP contribution in [0.4, 0.5) is 4.79 Å². The summed E-state index contributed by atoms with van der Waals surface area (Å²) >= 11 is 14.5. The molecule has 36 nitrogen and oxygen atoms in total. The lowest BCUT2D eigenvalue weighted by Crippen LogP contribution is -2.64. The number of hydrogen-bond donors (Lipinski definition) is 20. The molecule has 5 aliphatic carbocycles. The lowest BCUT2D eigenvalue weighted by Gasteiger charge is -2.54. The molecule has 6 aromatic carbocycles. The number of amides is 10. The molecule has 662 valence electrons. The van der Waals surface area contributed by atoms with Gasteiger partial charge in [-0.1, -0.05) is 79.0 Å². The highest BCUT2D eigenvalue weighted by Crippen LogP contribution is 2.56. The zero-order chi connectivity index (χ0) is 88.7. The van der Waals surface area contributed by atoms with Crippen molar-refractivity contribution in [3.05, 3.63) is 158 Å². The van der Waals surface area contributed by atoms with Crippen molar-refractivity contribution in [1.82, 2.24) is 52.6 Å². The Bertz CT molecular complexity index is 5230. The molecular weight excluding hydrogens is 1680 g/mol. The lowest BCUT2D eigenvalue weighted by molar-refractivity contribution is -0.333. The number of likely N-dealkylation sites (N-methyl/N-ethyl adjacent to an activating group) is 1. The van der Waals surface area contributed by atoms with E-state index in [-0.39, 0.29) is 86.2 Å². The Balaban J connectivity index is 0.922. The smallest absolute Gasteiger partial charge is 0.333 e. The number of carbonyl (C=O) groups excluding carboxylic acids is 9. The summed E-state index contributed by atoms with van der Waals surface area (Å²) in [6.07, 6.45) is -14.7. The quantitative estimate of drug-likeness (QED) is 0.0619. The van der Waals surface area contributed by atoms with Crippen LogP contribution in [-0.4, -0.2) is 202 Å². The van der Waals surface area contributed by atoms with Crippen LogP contribution in [-0.2, 0) is 69.3 Å². The zero-order valence-electron chi connectivity index (χ0n) is 67.8. The number of aliphatic hydroxyl groups is 8. The maximum Gasteiger partial charge on any atom is 0.333 e. The topological polar surface area (TPSA) is 554 Å². The first-order valence-electron chi connectivity index (χ1n) is 40.7. The Hall–Kier alpha value is -10.0. The molecule has 0 spiro atoms. The SMILES string of the molecule is CNC(CC(C)C)C(=O)NC1C(=O)NC(CC(=O)NC(=O)NS(=O)c2ccc(C)cc2)C(=O)NC2C(=O)NC3C(=O)NC(C(=O)NC(C(=O)NC4C5CC6CC(C5)CC4C6)c4cc(O)cc5c4-c4cc3ccc4C5(O)O)C(O)c3ccc(c(Cl)c3)Oc3cc2cc(c3OC2OC(CO)C(O)C(O)C2OC2CC(C)(N)C(O)C(C)O2)Oc2ccc(cc2Cl)C1O. The molecule has 19 unspecified atom stereocenters. The molecule has 7 heterocycles. The Labute approximate surface area is 722 Å². The van der Waals surface area contributed by atoms with E-state index < -0.39 is 242 Å². The molecule has 10 amide bonds. The third-order valence-electron chi connectivity index (χ3n) is 24.8. The number of aromatic hydroxyl groups is 1. The first-order valence-corrected chi connectivity index (χ1v) is 42.7. The highest BCUT2D eigenvalue weighted by Gasteiger charge is 2.54. The minimum Gasteiger partial charge on any atom is -0.508 e. The number of benzene rings is 6. The number of rotatable bonds is 16. The summed E-state index contributed by atoms with van der Waals surface area (Å²) in [5.41, 5.74) is 3.59. The Morgan fingerprint density at radius 1 is 0.685 bits per heavy atom. The average Bonchev–Trinajstić information content (AvgIpc) is 1.54. The van der Waals surface area contributed by atoms with Gasteiger partial charge < -0.3 is 123 Å². The second-order valence-electron chi connectivity index (χ2n) is 34.2. The van der Waals surface area contributed by atoms with Gasteiger partial charge in [0, 0.05) is 29.1 Å². The number of phenols is 1. The Kier molecular flexibility index (Phi) is 25.4. The number of nitrogens with two attached hydrogens (primary N) is 1. The lowest BCUT2D eigenvalue weighted by atomic mass is 9.54. The molecule has 124 heavy (non-hydrogen) atoms. The summed E-state index contributed by atoms with van der Waals surface area (Å²) in [4.78, 5) is 139. The van der Waals surface area contributed by atoms with Crippen molar-refractivity contribution in [2.45, 2.75) is 212 Å². The van der Waals surface area contributed by atoms with Crippen LogP contribution >= 0.6 is 23.2 Å². The van der Waals surface area contributed by atoms with Crippen molar-refractivity contribution in [2.75, 3.05) is 13.7 Å². The second-order valence-corrected chi connectivity index (χ2v) is 36.2. The van der Waals surface area contributed by atoms with Crippen molar-refractivity contribution in [2.24, 2.45) is 35.3 Å². The van der Waals surface area contributed by atoms with Crippen molar-refractivity contribution < 1.29 is 122 Å². The number of ether oxygens (including phenoxy) is 6. The van der Waals surface area contributed by atoms with Crippen molar-refractivity contribution in [3.8, 4) is 45.6 Å². The van der Waals surface area contributed by atoms with Crippen molar-refractivity contribution in [3.63, 3.8) is 0 Å². The van der Waals surface area contributed by atoms with E-state index >= 15 is 28.8 Å². The number of phenolic OH excluding ortho intramolecular Hbond substituents is 1. The van der Waals surface area contributed by atoms with Crippen LogP contribution < -0.4 is 72.5 Å². The van der Waals surface area contributed by atoms with E-state index in [0.29, 0.717) is 11.8 Å². The van der Waals surface area contributed by atoms with E-state index in [1.165, 1.54) is 75.5 Å². The van der Waals surface area contributed by atoms with Gasteiger partial charge in [-0.25, -0.2) is 9.00 Å². The molecule has 2 saturated heterocycles. The van der Waals surface area contributed by atoms with Crippen LogP contribution in [0.1, 0.15) is 154 Å². The van der Waals surface area contributed by atoms with E-state index in [1.54, 1.807) is 19.1 Å². The fourth-order valence-electron chi connectivity index (χ4n) is 18.7. The van der Waals surface area contributed by atoms with Gasteiger partial charge in [0.25, 0.3) is 0 Å². The Morgan fingerprint density at radius 2 is 1.30 bits per heavy atom. The van der Waals surface area contributed by atoms with Gasteiger partial charge >= 0.3 is 6.03 Å². The van der Waals surface area contributed by atoms with Crippen LogP contribution in [0.15, 0.2) is 108 Å². The van der Waals surface area contributed by atoms with Crippen LogP contribution in [0.5, 0.6) is 34.5 Å². The number of halogens is 2. The van der Waals surface area contributed by atoms with Gasteiger partial charge in [0.1, 0.15) is 84.0 Å². The van der Waals surface area contributed by atoms with Crippen LogP contribution in [0, 0.1) is 36.5 Å². The summed E-state index contributed by atoms with van der Waals surface area (Å²) in [6, 6.07) is 4.86. The molecule has 19 atom stereocenters. The predicted octanol–water partition coefficient (Wildman–Crippen LogP) is 2.42. The molecule has 0 aromatic heterocycles. The maximum atomic E-state index is 16.7. The molecule has 18 rings (SSSR count). The molecule has 21 N–H and O–H groups in total. The largest absolute Gasteiger partial charge is 0.508 e. The molecule has 7 aliphatic heterocycles.